The number of nitrogens with zero attached hydrogens (tertiary/aromatic N) is 2. The van der Waals surface area contributed by atoms with Gasteiger partial charge >= 0.3 is 12.4 Å². The summed E-state index contributed by atoms with van der Waals surface area (Å²) in [7, 11) is -3.81. The maximum atomic E-state index is 14.5. The fraction of sp³-hybridized carbons (Fsp3) is 0.304. The number of carbonyl (C=O) groups excluding carboxylic acids is 1. The first-order valence-electron chi connectivity index (χ1n) is 10.7. The fourth-order valence-electron chi connectivity index (χ4n) is 3.48. The molecule has 0 fully saturated rings. The molecule has 1 amide bonds. The van der Waals surface area contributed by atoms with Gasteiger partial charge in [-0.05, 0) is 42.8 Å². The molecule has 15 heteroatoms. The molecule has 2 atom stereocenters. The van der Waals surface area contributed by atoms with E-state index in [9.17, 15) is 43.9 Å². The predicted molar refractivity (Wildman–Crippen MR) is 122 cm³/mol. The number of nitrogens with one attached hydrogen (secondary N) is 1. The van der Waals surface area contributed by atoms with Gasteiger partial charge in [0, 0.05) is 11.8 Å². The molecule has 0 aliphatic heterocycles. The van der Waals surface area contributed by atoms with Gasteiger partial charge in [-0.2, -0.15) is 31.4 Å². The number of halogens is 7. The predicted octanol–water partition coefficient (Wildman–Crippen LogP) is 4.47. The van der Waals surface area contributed by atoms with Crippen LogP contribution in [0.25, 0.3) is 5.69 Å². The van der Waals surface area contributed by atoms with Crippen molar-refractivity contribution < 1.29 is 43.9 Å². The molecule has 38 heavy (non-hydrogen) atoms. The van der Waals surface area contributed by atoms with E-state index in [0.717, 1.165) is 36.6 Å². The molecule has 2 aromatic carbocycles. The molecule has 0 spiro atoms. The Hall–Kier alpha value is -3.46. The summed E-state index contributed by atoms with van der Waals surface area (Å²) in [4.78, 5) is 12.7. The van der Waals surface area contributed by atoms with E-state index in [2.05, 4.69) is 10.4 Å². The van der Waals surface area contributed by atoms with Crippen LogP contribution >= 0.6 is 0 Å². The summed E-state index contributed by atoms with van der Waals surface area (Å²) in [5.74, 6) is -2.77. The molecule has 0 radical (unpaired) electrons. The van der Waals surface area contributed by atoms with E-state index >= 15 is 0 Å². The van der Waals surface area contributed by atoms with Crippen molar-refractivity contribution in [2.45, 2.75) is 37.1 Å². The maximum Gasteiger partial charge on any atom is 0.435 e. The fourth-order valence-corrected chi connectivity index (χ4v) is 4.13. The minimum Gasteiger partial charge on any atom is -0.350 e. The molecule has 1 aromatic heterocycles. The Morgan fingerprint density at radius 1 is 1.05 bits per heavy atom. The van der Waals surface area contributed by atoms with Crippen LogP contribution in [0.1, 0.15) is 46.3 Å². The van der Waals surface area contributed by atoms with Crippen LogP contribution in [0, 0.1) is 5.82 Å². The number of sulfone groups is 1. The zero-order chi connectivity index (χ0) is 28.6. The number of aromatic nitrogens is 2. The highest BCUT2D eigenvalue weighted by molar-refractivity contribution is 7.90. The van der Waals surface area contributed by atoms with E-state index in [1.807, 2.05) is 0 Å². The minimum atomic E-state index is -4.91. The second-order valence-electron chi connectivity index (χ2n) is 8.45. The van der Waals surface area contributed by atoms with Gasteiger partial charge in [-0.25, -0.2) is 17.5 Å². The lowest BCUT2D eigenvalue weighted by Gasteiger charge is -2.16. The molecule has 2 unspecified atom stereocenters. The van der Waals surface area contributed by atoms with Gasteiger partial charge in [0.2, 0.25) is 5.91 Å². The molecule has 3 aromatic rings. The lowest BCUT2D eigenvalue weighted by molar-refractivity contribution is -0.141. The van der Waals surface area contributed by atoms with Crippen LogP contribution < -0.4 is 11.1 Å². The van der Waals surface area contributed by atoms with E-state index < -0.39 is 63.0 Å². The van der Waals surface area contributed by atoms with Gasteiger partial charge in [0.25, 0.3) is 0 Å². The van der Waals surface area contributed by atoms with Crippen LogP contribution in [0.5, 0.6) is 0 Å². The Kier molecular flexibility index (Phi) is 7.94. The van der Waals surface area contributed by atoms with Gasteiger partial charge in [0.1, 0.15) is 11.2 Å². The second kappa shape index (κ2) is 10.4. The number of nitrogens with two attached hydrogens (primary N) is 1. The number of alkyl halides is 6. The minimum absolute atomic E-state index is 0.117. The SMILES string of the molecule is CC(C(=O)NCc1cc(C(F)(F)F)nn1-c1cccc(C(F)(F)F)c1)c1ccc(C(N)S(C)(=O)=O)c(F)c1. The molecule has 0 aliphatic rings. The number of carbonyl (C=O) groups is 1. The Morgan fingerprint density at radius 3 is 2.26 bits per heavy atom. The van der Waals surface area contributed by atoms with Crippen LogP contribution in [0.4, 0.5) is 30.7 Å². The summed E-state index contributed by atoms with van der Waals surface area (Å²) in [5, 5.41) is 4.12. The number of hydrogen-bond acceptors (Lipinski definition) is 5. The first-order chi connectivity index (χ1) is 17.4. The molecular formula is C23H21F7N4O3S. The van der Waals surface area contributed by atoms with Crippen molar-refractivity contribution in [2.75, 3.05) is 6.26 Å². The van der Waals surface area contributed by atoms with Gasteiger partial charge in [0.05, 0.1) is 29.4 Å². The lowest BCUT2D eigenvalue weighted by Crippen LogP contribution is -2.28. The largest absolute Gasteiger partial charge is 0.435 e. The standard InChI is InChI=1S/C23H21F7N4O3S/c1-12(13-6-7-17(18(24)8-13)20(31)38(2,36)37)21(35)32-11-16-10-19(23(28,29)30)33-34(16)15-5-3-4-14(9-15)22(25,26)27/h3-10,12,20H,11,31H2,1-2H3,(H,32,35). The van der Waals surface area contributed by atoms with Gasteiger partial charge in [0.15, 0.2) is 15.5 Å². The Bertz CT molecular complexity index is 1450. The molecule has 0 aliphatic carbocycles. The molecule has 1 heterocycles. The molecule has 0 bridgehead atoms. The smallest absolute Gasteiger partial charge is 0.350 e. The molecule has 3 N–H and O–H groups in total. The van der Waals surface area contributed by atoms with Gasteiger partial charge in [-0.1, -0.05) is 18.2 Å². The summed E-state index contributed by atoms with van der Waals surface area (Å²) < 4.78 is 118. The number of rotatable bonds is 7. The third-order valence-electron chi connectivity index (χ3n) is 5.62. The number of benzene rings is 2. The summed E-state index contributed by atoms with van der Waals surface area (Å²) in [5.41, 5.74) is 2.28. The van der Waals surface area contributed by atoms with E-state index in [-0.39, 0.29) is 22.5 Å². The van der Waals surface area contributed by atoms with Crippen LogP contribution in [-0.4, -0.2) is 30.4 Å². The van der Waals surface area contributed by atoms with Crippen molar-refractivity contribution in [3.63, 3.8) is 0 Å². The highest BCUT2D eigenvalue weighted by Crippen LogP contribution is 2.33. The first-order valence-corrected chi connectivity index (χ1v) is 12.7. The molecule has 0 saturated carbocycles. The molecular weight excluding hydrogens is 545 g/mol. The number of amides is 1. The summed E-state index contributed by atoms with van der Waals surface area (Å²) >= 11 is 0. The average molecular weight is 566 g/mol. The van der Waals surface area contributed by atoms with Crippen LogP contribution in [-0.2, 0) is 33.5 Å². The third-order valence-corrected chi connectivity index (χ3v) is 6.80. The van der Waals surface area contributed by atoms with Crippen molar-refractivity contribution in [1.29, 1.82) is 0 Å². The van der Waals surface area contributed by atoms with Crippen molar-refractivity contribution in [3.8, 4) is 5.69 Å². The van der Waals surface area contributed by atoms with E-state index in [1.54, 1.807) is 0 Å². The summed E-state index contributed by atoms with van der Waals surface area (Å²) in [6.07, 6.45) is -8.84. The molecule has 7 nitrogen and oxygen atoms in total. The Morgan fingerprint density at radius 2 is 1.71 bits per heavy atom. The van der Waals surface area contributed by atoms with Crippen molar-refractivity contribution in [1.82, 2.24) is 15.1 Å². The monoisotopic (exact) mass is 566 g/mol. The quantitative estimate of drug-likeness (QED) is 0.411. The van der Waals surface area contributed by atoms with Crippen molar-refractivity contribution >= 4 is 15.7 Å². The van der Waals surface area contributed by atoms with Crippen LogP contribution in [0.15, 0.2) is 48.5 Å². The topological polar surface area (TPSA) is 107 Å². The second-order valence-corrected chi connectivity index (χ2v) is 10.6. The number of hydrogen-bond donors (Lipinski definition) is 2. The van der Waals surface area contributed by atoms with E-state index in [4.69, 9.17) is 5.73 Å². The highest BCUT2D eigenvalue weighted by atomic mass is 32.2. The zero-order valence-electron chi connectivity index (χ0n) is 19.7. The molecule has 0 saturated heterocycles. The maximum absolute atomic E-state index is 14.5. The van der Waals surface area contributed by atoms with E-state index in [0.29, 0.717) is 16.8 Å². The Balaban J connectivity index is 1.86. The van der Waals surface area contributed by atoms with Crippen LogP contribution in [0.3, 0.4) is 0 Å². The van der Waals surface area contributed by atoms with Crippen molar-refractivity contribution in [3.05, 3.63) is 82.4 Å². The Labute approximate surface area is 212 Å². The van der Waals surface area contributed by atoms with Crippen molar-refractivity contribution in [2.24, 2.45) is 5.73 Å². The summed E-state index contributed by atoms with van der Waals surface area (Å²) in [6, 6.07) is 7.39. The zero-order valence-corrected chi connectivity index (χ0v) is 20.5. The van der Waals surface area contributed by atoms with Gasteiger partial charge in [-0.15, -0.1) is 0 Å². The highest BCUT2D eigenvalue weighted by Gasteiger charge is 2.36. The summed E-state index contributed by atoms with van der Waals surface area (Å²) in [6.45, 7) is 0.813. The van der Waals surface area contributed by atoms with E-state index in [1.165, 1.54) is 13.0 Å². The van der Waals surface area contributed by atoms with Crippen LogP contribution in [0.2, 0.25) is 0 Å². The van der Waals surface area contributed by atoms with Gasteiger partial charge in [-0.3, -0.25) is 4.79 Å². The third kappa shape index (κ3) is 6.51. The molecule has 206 valence electrons. The average Bonchev–Trinajstić information content (AvgIpc) is 3.25. The first kappa shape index (κ1) is 29.1. The van der Waals surface area contributed by atoms with Gasteiger partial charge < -0.3 is 11.1 Å². The lowest BCUT2D eigenvalue weighted by atomic mass is 9.98. The normalized spacial score (nSPS) is 14.3. The molecule has 3 rings (SSSR count).